The van der Waals surface area contributed by atoms with E-state index in [0.717, 1.165) is 14.7 Å². The number of esters is 1. The van der Waals surface area contributed by atoms with E-state index in [1.807, 2.05) is 19.1 Å². The number of aliphatic imine (C=N–C) groups is 1. The Morgan fingerprint density at radius 2 is 1.82 bits per heavy atom. The molecule has 3 aromatic rings. The summed E-state index contributed by atoms with van der Waals surface area (Å²) < 4.78 is 30.6. The fraction of sp³-hybridized carbons (Fsp3) is 0.179. The molecule has 0 saturated carbocycles. The Morgan fingerprint density at radius 3 is 2.47 bits per heavy atom. The fourth-order valence-corrected chi connectivity index (χ4v) is 5.28. The molecule has 0 spiro atoms. The van der Waals surface area contributed by atoms with Crippen LogP contribution in [0.25, 0.3) is 6.08 Å². The number of amides is 1. The van der Waals surface area contributed by atoms with Gasteiger partial charge in [0.15, 0.2) is 16.7 Å². The Hall–Kier alpha value is -3.38. The molecule has 4 rings (SSSR count). The standard InChI is InChI=1S/C28H24FIN2O5S/c1-4-36-23-14-18(13-22(30)25(23)37-16-17-5-9-20(29)10-6-17)15-24-26(33)32(2)28(38-24)31-21-11-7-19(8-12-21)27(34)35-3/h5-15H,4,16H2,1-3H3/b24-15-,31-28?. The molecule has 196 valence electrons. The predicted molar refractivity (Wildman–Crippen MR) is 154 cm³/mol. The Balaban J connectivity index is 1.55. The number of ether oxygens (including phenoxy) is 3. The number of hydrogen-bond donors (Lipinski definition) is 0. The van der Waals surface area contributed by atoms with E-state index in [2.05, 4.69) is 27.6 Å². The summed E-state index contributed by atoms with van der Waals surface area (Å²) in [5, 5.41) is 0.519. The van der Waals surface area contributed by atoms with Gasteiger partial charge in [0.05, 0.1) is 33.4 Å². The van der Waals surface area contributed by atoms with Crippen molar-refractivity contribution in [2.75, 3.05) is 20.8 Å². The number of thioether (sulfide) groups is 1. The molecule has 1 saturated heterocycles. The number of likely N-dealkylation sites (N-methyl/N-ethyl adjacent to an activating group) is 1. The van der Waals surface area contributed by atoms with Crippen molar-refractivity contribution < 1.29 is 28.2 Å². The highest BCUT2D eigenvalue weighted by molar-refractivity contribution is 14.1. The molecule has 0 unspecified atom stereocenters. The monoisotopic (exact) mass is 646 g/mol. The van der Waals surface area contributed by atoms with Crippen molar-refractivity contribution >= 4 is 63.2 Å². The lowest BCUT2D eigenvalue weighted by Gasteiger charge is -2.15. The number of carbonyl (C=O) groups excluding carboxylic acids is 2. The summed E-state index contributed by atoms with van der Waals surface area (Å²) in [6, 6.07) is 16.5. The van der Waals surface area contributed by atoms with Crippen LogP contribution in [-0.2, 0) is 16.1 Å². The number of nitrogens with zero attached hydrogens (tertiary/aromatic N) is 2. The van der Waals surface area contributed by atoms with Gasteiger partial charge in [-0.3, -0.25) is 9.69 Å². The molecule has 7 nitrogen and oxygen atoms in total. The van der Waals surface area contributed by atoms with Crippen molar-refractivity contribution in [3.05, 3.63) is 91.6 Å². The summed E-state index contributed by atoms with van der Waals surface area (Å²) in [6.45, 7) is 2.58. The Bertz CT molecular complexity index is 1410. The van der Waals surface area contributed by atoms with Crippen LogP contribution in [0.5, 0.6) is 11.5 Å². The first-order valence-electron chi connectivity index (χ1n) is 11.6. The number of carbonyl (C=O) groups is 2. The second kappa shape index (κ2) is 12.4. The van der Waals surface area contributed by atoms with Crippen LogP contribution in [0.3, 0.4) is 0 Å². The number of halogens is 2. The SMILES string of the molecule is CCOc1cc(/C=C2\SC(=Nc3ccc(C(=O)OC)cc3)N(C)C2=O)cc(I)c1OCc1ccc(F)cc1. The number of methoxy groups -OCH3 is 1. The van der Waals surface area contributed by atoms with E-state index in [0.29, 0.717) is 39.4 Å². The van der Waals surface area contributed by atoms with Crippen molar-refractivity contribution in [1.82, 2.24) is 4.90 Å². The van der Waals surface area contributed by atoms with Gasteiger partial charge in [0.2, 0.25) is 0 Å². The van der Waals surface area contributed by atoms with E-state index < -0.39 is 5.97 Å². The highest BCUT2D eigenvalue weighted by atomic mass is 127. The van der Waals surface area contributed by atoms with Gasteiger partial charge in [-0.25, -0.2) is 14.2 Å². The first-order chi connectivity index (χ1) is 18.3. The quantitative estimate of drug-likeness (QED) is 0.160. The smallest absolute Gasteiger partial charge is 0.337 e. The van der Waals surface area contributed by atoms with Crippen molar-refractivity contribution in [3.8, 4) is 11.5 Å². The lowest BCUT2D eigenvalue weighted by Crippen LogP contribution is -2.23. The molecular weight excluding hydrogens is 622 g/mol. The molecule has 3 aromatic carbocycles. The van der Waals surface area contributed by atoms with Crippen molar-refractivity contribution in [2.45, 2.75) is 13.5 Å². The molecule has 38 heavy (non-hydrogen) atoms. The minimum atomic E-state index is -0.426. The van der Waals surface area contributed by atoms with Gasteiger partial charge >= 0.3 is 5.97 Å². The van der Waals surface area contributed by atoms with Crippen LogP contribution in [0.4, 0.5) is 10.1 Å². The summed E-state index contributed by atoms with van der Waals surface area (Å²) in [7, 11) is 2.99. The summed E-state index contributed by atoms with van der Waals surface area (Å²) >= 11 is 3.43. The normalized spacial score (nSPS) is 15.3. The number of rotatable bonds is 8. The summed E-state index contributed by atoms with van der Waals surface area (Å²) in [6.07, 6.45) is 1.79. The van der Waals surface area contributed by atoms with Crippen LogP contribution in [0, 0.1) is 9.39 Å². The highest BCUT2D eigenvalue weighted by Gasteiger charge is 2.30. The summed E-state index contributed by atoms with van der Waals surface area (Å²) in [5.41, 5.74) is 2.64. The van der Waals surface area contributed by atoms with E-state index >= 15 is 0 Å². The molecule has 1 amide bonds. The topological polar surface area (TPSA) is 77.4 Å². The second-order valence-electron chi connectivity index (χ2n) is 8.09. The molecule has 1 aliphatic rings. The highest BCUT2D eigenvalue weighted by Crippen LogP contribution is 2.38. The van der Waals surface area contributed by atoms with Crippen LogP contribution in [-0.4, -0.2) is 42.7 Å². The summed E-state index contributed by atoms with van der Waals surface area (Å²) in [5.74, 6) is 0.232. The van der Waals surface area contributed by atoms with Gasteiger partial charge in [-0.2, -0.15) is 0 Å². The predicted octanol–water partition coefficient (Wildman–Crippen LogP) is 6.43. The van der Waals surface area contributed by atoms with Crippen LogP contribution in [0.1, 0.15) is 28.4 Å². The minimum absolute atomic E-state index is 0.176. The third-order valence-electron chi connectivity index (χ3n) is 5.44. The van der Waals surface area contributed by atoms with Gasteiger partial charge < -0.3 is 14.2 Å². The van der Waals surface area contributed by atoms with E-state index in [-0.39, 0.29) is 18.3 Å². The molecule has 1 aliphatic heterocycles. The molecule has 0 aromatic heterocycles. The van der Waals surface area contributed by atoms with Gasteiger partial charge in [0.25, 0.3) is 5.91 Å². The molecule has 0 radical (unpaired) electrons. The average Bonchev–Trinajstić information content (AvgIpc) is 3.17. The first-order valence-corrected chi connectivity index (χ1v) is 13.5. The zero-order chi connectivity index (χ0) is 27.2. The van der Waals surface area contributed by atoms with Crippen LogP contribution < -0.4 is 9.47 Å². The Kier molecular flexibility index (Phi) is 9.05. The van der Waals surface area contributed by atoms with E-state index in [4.69, 9.17) is 14.2 Å². The maximum Gasteiger partial charge on any atom is 0.337 e. The largest absolute Gasteiger partial charge is 0.490 e. The van der Waals surface area contributed by atoms with Crippen LogP contribution in [0.2, 0.25) is 0 Å². The maximum atomic E-state index is 13.2. The molecule has 10 heteroatoms. The maximum absolute atomic E-state index is 13.2. The van der Waals surface area contributed by atoms with E-state index in [1.54, 1.807) is 49.5 Å². The lowest BCUT2D eigenvalue weighted by molar-refractivity contribution is -0.121. The van der Waals surface area contributed by atoms with Crippen LogP contribution >= 0.6 is 34.4 Å². The van der Waals surface area contributed by atoms with Gasteiger partial charge in [-0.1, -0.05) is 12.1 Å². The number of benzene rings is 3. The third kappa shape index (κ3) is 6.54. The fourth-order valence-electron chi connectivity index (χ4n) is 3.51. The summed E-state index contributed by atoms with van der Waals surface area (Å²) in [4.78, 5) is 31.2. The average molecular weight is 646 g/mol. The molecular formula is C28H24FIN2O5S. The number of hydrogen-bond acceptors (Lipinski definition) is 7. The van der Waals surface area contributed by atoms with Crippen LogP contribution in [0.15, 0.2) is 70.6 Å². The van der Waals surface area contributed by atoms with Gasteiger partial charge in [-0.05, 0) is 107 Å². The van der Waals surface area contributed by atoms with Crippen molar-refractivity contribution in [1.29, 1.82) is 0 Å². The number of amidine groups is 1. The second-order valence-corrected chi connectivity index (χ2v) is 10.3. The van der Waals surface area contributed by atoms with Gasteiger partial charge in [-0.15, -0.1) is 0 Å². The van der Waals surface area contributed by atoms with E-state index in [9.17, 15) is 14.0 Å². The molecule has 0 bridgehead atoms. The van der Waals surface area contributed by atoms with Gasteiger partial charge in [0, 0.05) is 7.05 Å². The van der Waals surface area contributed by atoms with Gasteiger partial charge in [0.1, 0.15) is 12.4 Å². The molecule has 0 aliphatic carbocycles. The molecule has 0 N–H and O–H groups in total. The molecule has 0 atom stereocenters. The Morgan fingerprint density at radius 1 is 1.11 bits per heavy atom. The molecule has 1 fully saturated rings. The third-order valence-corrected chi connectivity index (χ3v) is 7.30. The zero-order valence-electron chi connectivity index (χ0n) is 20.9. The zero-order valence-corrected chi connectivity index (χ0v) is 23.8. The minimum Gasteiger partial charge on any atom is -0.490 e. The Labute approximate surface area is 237 Å². The first kappa shape index (κ1) is 27.6. The molecule has 1 heterocycles. The van der Waals surface area contributed by atoms with Crippen molar-refractivity contribution in [2.24, 2.45) is 4.99 Å². The van der Waals surface area contributed by atoms with Crippen molar-refractivity contribution in [3.63, 3.8) is 0 Å². The van der Waals surface area contributed by atoms with E-state index in [1.165, 1.54) is 35.9 Å². The lowest BCUT2D eigenvalue weighted by atomic mass is 10.1.